The molecule has 6 nitrogen and oxygen atoms in total. The Morgan fingerprint density at radius 2 is 2.22 bits per heavy atom. The van der Waals surface area contributed by atoms with Gasteiger partial charge in [-0.15, -0.1) is 0 Å². The van der Waals surface area contributed by atoms with Gasteiger partial charge >= 0.3 is 0 Å². The monoisotopic (exact) mass is 360 g/mol. The molecule has 0 saturated carbocycles. The van der Waals surface area contributed by atoms with E-state index < -0.39 is 5.91 Å². The first-order chi connectivity index (χ1) is 8.40. The number of aromatic nitrogens is 3. The molecule has 1 amide bonds. The van der Waals surface area contributed by atoms with Crippen LogP contribution in [0.3, 0.4) is 0 Å². The van der Waals surface area contributed by atoms with Gasteiger partial charge in [-0.3, -0.25) is 14.0 Å². The number of nitrogens with two attached hydrogens (primary N) is 1. The fraction of sp³-hybridized carbons (Fsp3) is 0.364. The highest BCUT2D eigenvalue weighted by Crippen LogP contribution is 2.15. The molecule has 0 saturated heterocycles. The molecule has 2 aromatic heterocycles. The number of carbonyl (C=O) groups excluding carboxylic acids is 1. The SMILES string of the molecule is CC(C)c1nn(CC(N)=O)c(=O)c2cc(I)cn12. The Bertz CT molecular complexity index is 671. The molecule has 0 unspecified atom stereocenters. The second kappa shape index (κ2) is 4.71. The first kappa shape index (κ1) is 13.1. The zero-order chi connectivity index (χ0) is 13.4. The summed E-state index contributed by atoms with van der Waals surface area (Å²) in [6, 6.07) is 1.77. The average Bonchev–Trinajstić information content (AvgIpc) is 2.63. The molecule has 0 bridgehead atoms. The van der Waals surface area contributed by atoms with E-state index >= 15 is 0 Å². The number of primary amides is 1. The summed E-state index contributed by atoms with van der Waals surface area (Å²) in [6.45, 7) is 3.76. The van der Waals surface area contributed by atoms with E-state index in [1.165, 1.54) is 0 Å². The molecule has 0 aliphatic rings. The summed E-state index contributed by atoms with van der Waals surface area (Å²) < 4.78 is 3.85. The van der Waals surface area contributed by atoms with Crippen LogP contribution < -0.4 is 11.3 Å². The molecule has 0 radical (unpaired) electrons. The molecule has 2 rings (SSSR count). The Hall–Kier alpha value is -1.38. The second-order valence-electron chi connectivity index (χ2n) is 4.36. The first-order valence-corrected chi connectivity index (χ1v) is 6.55. The van der Waals surface area contributed by atoms with Crippen molar-refractivity contribution in [2.45, 2.75) is 26.3 Å². The van der Waals surface area contributed by atoms with Crippen molar-refractivity contribution in [1.82, 2.24) is 14.2 Å². The van der Waals surface area contributed by atoms with Crippen molar-refractivity contribution in [3.8, 4) is 0 Å². The van der Waals surface area contributed by atoms with E-state index in [0.717, 1.165) is 14.1 Å². The molecule has 0 aliphatic heterocycles. The van der Waals surface area contributed by atoms with Gasteiger partial charge in [-0.25, -0.2) is 4.68 Å². The van der Waals surface area contributed by atoms with Gasteiger partial charge in [-0.2, -0.15) is 5.10 Å². The minimum absolute atomic E-state index is 0.135. The van der Waals surface area contributed by atoms with Gasteiger partial charge in [0.25, 0.3) is 5.56 Å². The summed E-state index contributed by atoms with van der Waals surface area (Å²) in [4.78, 5) is 23.1. The molecule has 96 valence electrons. The maximum atomic E-state index is 12.1. The zero-order valence-corrected chi connectivity index (χ0v) is 12.2. The number of carbonyl (C=O) groups is 1. The molecule has 0 spiro atoms. The van der Waals surface area contributed by atoms with E-state index in [0.29, 0.717) is 5.52 Å². The standard InChI is InChI=1S/C11H13IN4O2/c1-6(2)10-14-16(5-9(13)17)11(18)8-3-7(12)4-15(8)10/h3-4,6H,5H2,1-2H3,(H2,13,17). The van der Waals surface area contributed by atoms with Gasteiger partial charge in [-0.1, -0.05) is 13.8 Å². The lowest BCUT2D eigenvalue weighted by Crippen LogP contribution is -2.32. The van der Waals surface area contributed by atoms with Crippen LogP contribution in [0.2, 0.25) is 0 Å². The Balaban J connectivity index is 2.78. The van der Waals surface area contributed by atoms with E-state index in [1.54, 1.807) is 10.5 Å². The minimum atomic E-state index is -0.579. The second-order valence-corrected chi connectivity index (χ2v) is 5.60. The number of hydrogen-bond donors (Lipinski definition) is 1. The number of fused-ring (bicyclic) bond motifs is 1. The van der Waals surface area contributed by atoms with Gasteiger partial charge in [0.1, 0.15) is 17.9 Å². The minimum Gasteiger partial charge on any atom is -0.368 e. The number of rotatable bonds is 3. The van der Waals surface area contributed by atoms with Gasteiger partial charge in [0.05, 0.1) is 0 Å². The Labute approximate surface area is 117 Å². The zero-order valence-electron chi connectivity index (χ0n) is 10.1. The van der Waals surface area contributed by atoms with Crippen LogP contribution in [0.5, 0.6) is 0 Å². The molecule has 2 N–H and O–H groups in total. The molecule has 18 heavy (non-hydrogen) atoms. The fourth-order valence-electron chi connectivity index (χ4n) is 1.78. The average molecular weight is 360 g/mol. The van der Waals surface area contributed by atoms with Crippen LogP contribution in [-0.2, 0) is 11.3 Å². The van der Waals surface area contributed by atoms with Crippen molar-refractivity contribution in [2.24, 2.45) is 5.73 Å². The summed E-state index contributed by atoms with van der Waals surface area (Å²) in [5, 5.41) is 4.22. The predicted octanol–water partition coefficient (Wildman–Crippen LogP) is 0.709. The molecule has 7 heteroatoms. The molecule has 0 fully saturated rings. The highest BCUT2D eigenvalue weighted by molar-refractivity contribution is 14.1. The Kier molecular flexibility index (Phi) is 3.42. The molecule has 2 heterocycles. The molecule has 0 aliphatic carbocycles. The summed E-state index contributed by atoms with van der Waals surface area (Å²) in [6.07, 6.45) is 1.86. The maximum absolute atomic E-state index is 12.1. The van der Waals surface area contributed by atoms with Crippen LogP contribution in [-0.4, -0.2) is 20.1 Å². The molecule has 0 aromatic carbocycles. The largest absolute Gasteiger partial charge is 0.368 e. The van der Waals surface area contributed by atoms with E-state index in [9.17, 15) is 9.59 Å². The van der Waals surface area contributed by atoms with Crippen molar-refractivity contribution in [3.05, 3.63) is 32.0 Å². The van der Waals surface area contributed by atoms with Crippen molar-refractivity contribution in [3.63, 3.8) is 0 Å². The molecular formula is C11H13IN4O2. The van der Waals surface area contributed by atoms with E-state index in [4.69, 9.17) is 5.73 Å². The lowest BCUT2D eigenvalue weighted by Gasteiger charge is -2.11. The maximum Gasteiger partial charge on any atom is 0.291 e. The number of hydrogen-bond acceptors (Lipinski definition) is 3. The number of nitrogens with zero attached hydrogens (tertiary/aromatic N) is 3. The first-order valence-electron chi connectivity index (χ1n) is 5.47. The van der Waals surface area contributed by atoms with Gasteiger partial charge in [0.15, 0.2) is 0 Å². The van der Waals surface area contributed by atoms with Crippen LogP contribution in [0.25, 0.3) is 5.52 Å². The van der Waals surface area contributed by atoms with Crippen molar-refractivity contribution in [1.29, 1.82) is 0 Å². The van der Waals surface area contributed by atoms with Crippen LogP contribution in [0.1, 0.15) is 25.6 Å². The lowest BCUT2D eigenvalue weighted by atomic mass is 10.2. The normalized spacial score (nSPS) is 11.3. The Morgan fingerprint density at radius 3 is 2.78 bits per heavy atom. The third-order valence-corrected chi connectivity index (χ3v) is 3.12. The van der Waals surface area contributed by atoms with Gasteiger partial charge < -0.3 is 5.73 Å². The van der Waals surface area contributed by atoms with Crippen molar-refractivity contribution >= 4 is 34.0 Å². The third kappa shape index (κ3) is 2.26. The third-order valence-electron chi connectivity index (χ3n) is 2.53. The van der Waals surface area contributed by atoms with Crippen LogP contribution in [0.15, 0.2) is 17.1 Å². The Morgan fingerprint density at radius 1 is 1.56 bits per heavy atom. The number of halogens is 1. The van der Waals surface area contributed by atoms with Crippen molar-refractivity contribution in [2.75, 3.05) is 0 Å². The van der Waals surface area contributed by atoms with Crippen molar-refractivity contribution < 1.29 is 4.79 Å². The van der Waals surface area contributed by atoms with E-state index in [2.05, 4.69) is 27.7 Å². The molecular weight excluding hydrogens is 347 g/mol. The number of amides is 1. The van der Waals surface area contributed by atoms with Gasteiger partial charge in [0.2, 0.25) is 5.91 Å². The van der Waals surface area contributed by atoms with E-state index in [1.807, 2.05) is 20.0 Å². The topological polar surface area (TPSA) is 82.4 Å². The summed E-state index contributed by atoms with van der Waals surface area (Å²) in [5.74, 6) is 0.286. The summed E-state index contributed by atoms with van der Waals surface area (Å²) in [5.41, 5.74) is 5.33. The summed E-state index contributed by atoms with van der Waals surface area (Å²) in [7, 11) is 0. The predicted molar refractivity (Wildman–Crippen MR) is 75.5 cm³/mol. The fourth-order valence-corrected chi connectivity index (χ4v) is 2.36. The molecule has 0 atom stereocenters. The quantitative estimate of drug-likeness (QED) is 0.819. The van der Waals surface area contributed by atoms with Gasteiger partial charge in [-0.05, 0) is 28.7 Å². The smallest absolute Gasteiger partial charge is 0.291 e. The highest BCUT2D eigenvalue weighted by atomic mass is 127. The van der Waals surface area contributed by atoms with E-state index in [-0.39, 0.29) is 18.0 Å². The van der Waals surface area contributed by atoms with Crippen LogP contribution >= 0.6 is 22.6 Å². The highest BCUT2D eigenvalue weighted by Gasteiger charge is 2.14. The lowest BCUT2D eigenvalue weighted by molar-refractivity contribution is -0.118. The molecule has 2 aromatic rings. The van der Waals surface area contributed by atoms with Gasteiger partial charge in [0, 0.05) is 15.7 Å². The van der Waals surface area contributed by atoms with Crippen LogP contribution in [0, 0.1) is 3.57 Å². The summed E-state index contributed by atoms with van der Waals surface area (Å²) >= 11 is 2.14. The van der Waals surface area contributed by atoms with Crippen LogP contribution in [0.4, 0.5) is 0 Å².